The maximum atomic E-state index is 10.7. The second-order valence-electron chi connectivity index (χ2n) is 3.24. The monoisotopic (exact) mass is 185 g/mol. The van der Waals surface area contributed by atoms with Gasteiger partial charge in [-0.25, -0.2) is 0 Å². The molecule has 0 fully saturated rings. The summed E-state index contributed by atoms with van der Waals surface area (Å²) in [5, 5.41) is 0. The van der Waals surface area contributed by atoms with Crippen molar-refractivity contribution in [3.63, 3.8) is 0 Å². The van der Waals surface area contributed by atoms with E-state index in [1.54, 1.807) is 0 Å². The third kappa shape index (κ3) is 9.38. The van der Waals surface area contributed by atoms with Gasteiger partial charge >= 0.3 is 5.97 Å². The molecule has 0 aliphatic rings. The summed E-state index contributed by atoms with van der Waals surface area (Å²) in [6.07, 6.45) is 7.57. The van der Waals surface area contributed by atoms with Crippen molar-refractivity contribution in [2.75, 3.05) is 6.61 Å². The molecule has 0 heterocycles. The lowest BCUT2D eigenvalue weighted by Crippen LogP contribution is -2.03. The van der Waals surface area contributed by atoms with Gasteiger partial charge in [0.1, 0.15) is 0 Å². The van der Waals surface area contributed by atoms with Crippen LogP contribution in [0, 0.1) is 6.92 Å². The van der Waals surface area contributed by atoms with Gasteiger partial charge in [0, 0.05) is 6.42 Å². The Morgan fingerprint density at radius 3 is 2.38 bits per heavy atom. The zero-order valence-corrected chi connectivity index (χ0v) is 8.68. The van der Waals surface area contributed by atoms with E-state index in [-0.39, 0.29) is 12.4 Å². The Hall–Kier alpha value is -0.530. The minimum absolute atomic E-state index is 0.187. The van der Waals surface area contributed by atoms with Crippen molar-refractivity contribution < 1.29 is 9.53 Å². The molecule has 0 rings (SSSR count). The fourth-order valence-corrected chi connectivity index (χ4v) is 1.14. The quantitative estimate of drug-likeness (QED) is 0.429. The molecule has 0 aliphatic heterocycles. The van der Waals surface area contributed by atoms with Crippen molar-refractivity contribution in [3.05, 3.63) is 6.92 Å². The summed E-state index contributed by atoms with van der Waals surface area (Å²) in [7, 11) is 0. The summed E-state index contributed by atoms with van der Waals surface area (Å²) >= 11 is 0. The van der Waals surface area contributed by atoms with Gasteiger partial charge in [0.2, 0.25) is 0 Å². The van der Waals surface area contributed by atoms with Crippen molar-refractivity contribution in [3.8, 4) is 0 Å². The van der Waals surface area contributed by atoms with E-state index in [0.717, 1.165) is 6.42 Å². The summed E-state index contributed by atoms with van der Waals surface area (Å²) in [6, 6.07) is 0. The average Bonchev–Trinajstić information content (AvgIpc) is 2.16. The maximum absolute atomic E-state index is 10.7. The van der Waals surface area contributed by atoms with Crippen LogP contribution in [0.15, 0.2) is 0 Å². The zero-order chi connectivity index (χ0) is 9.94. The molecule has 77 valence electrons. The number of carbonyl (C=O) groups excluding carboxylic acids is 1. The number of hydrogen-bond acceptors (Lipinski definition) is 2. The maximum Gasteiger partial charge on any atom is 0.305 e. The van der Waals surface area contributed by atoms with Gasteiger partial charge in [0.15, 0.2) is 0 Å². The predicted octanol–water partition coefficient (Wildman–Crippen LogP) is 3.11. The van der Waals surface area contributed by atoms with E-state index in [2.05, 4.69) is 13.8 Å². The van der Waals surface area contributed by atoms with Gasteiger partial charge in [-0.1, -0.05) is 39.0 Å². The first kappa shape index (κ1) is 12.5. The highest BCUT2D eigenvalue weighted by atomic mass is 16.5. The van der Waals surface area contributed by atoms with Gasteiger partial charge in [0.25, 0.3) is 0 Å². The topological polar surface area (TPSA) is 26.3 Å². The SMILES string of the molecule is [CH2]CC(=O)OCCCCCCCC. The number of esters is 1. The molecule has 0 N–H and O–H groups in total. The predicted molar refractivity (Wildman–Crippen MR) is 54.3 cm³/mol. The molecular formula is C11H21O2. The van der Waals surface area contributed by atoms with Crippen LogP contribution in [0.25, 0.3) is 0 Å². The van der Waals surface area contributed by atoms with Crippen LogP contribution in [0.1, 0.15) is 51.9 Å². The van der Waals surface area contributed by atoms with Crippen molar-refractivity contribution in [2.45, 2.75) is 51.9 Å². The molecule has 0 aromatic rings. The van der Waals surface area contributed by atoms with Crippen LogP contribution in [-0.4, -0.2) is 12.6 Å². The molecule has 0 amide bonds. The minimum atomic E-state index is -0.187. The second-order valence-corrected chi connectivity index (χ2v) is 3.24. The molecule has 0 atom stereocenters. The van der Waals surface area contributed by atoms with E-state index in [9.17, 15) is 4.79 Å². The van der Waals surface area contributed by atoms with Crippen LogP contribution in [0.2, 0.25) is 0 Å². The number of ether oxygens (including phenoxy) is 1. The third-order valence-electron chi connectivity index (χ3n) is 1.97. The molecule has 0 spiro atoms. The van der Waals surface area contributed by atoms with E-state index in [0.29, 0.717) is 6.61 Å². The van der Waals surface area contributed by atoms with E-state index in [1.165, 1.54) is 32.1 Å². The molecule has 0 aromatic heterocycles. The molecular weight excluding hydrogens is 164 g/mol. The number of hydrogen-bond donors (Lipinski definition) is 0. The standard InChI is InChI=1S/C11H21O2/c1-3-5-6-7-8-9-10-13-11(12)4-2/h2-10H2,1H3. The number of rotatable bonds is 8. The Kier molecular flexibility index (Phi) is 9.17. The van der Waals surface area contributed by atoms with Crippen LogP contribution in [0.4, 0.5) is 0 Å². The Bertz CT molecular complexity index is 121. The fourth-order valence-electron chi connectivity index (χ4n) is 1.14. The highest BCUT2D eigenvalue weighted by Crippen LogP contribution is 2.04. The van der Waals surface area contributed by atoms with Crippen molar-refractivity contribution in [1.82, 2.24) is 0 Å². The molecule has 0 aliphatic carbocycles. The minimum Gasteiger partial charge on any atom is -0.466 e. The molecule has 0 aromatic carbocycles. The first-order chi connectivity index (χ1) is 6.31. The molecule has 0 bridgehead atoms. The summed E-state index contributed by atoms with van der Waals surface area (Å²) < 4.78 is 4.90. The Morgan fingerprint density at radius 2 is 1.77 bits per heavy atom. The third-order valence-corrected chi connectivity index (χ3v) is 1.97. The van der Waals surface area contributed by atoms with Gasteiger partial charge in [-0.3, -0.25) is 4.79 Å². The smallest absolute Gasteiger partial charge is 0.305 e. The Labute approximate surface area is 81.7 Å². The molecule has 2 nitrogen and oxygen atoms in total. The lowest BCUT2D eigenvalue weighted by molar-refractivity contribution is -0.142. The largest absolute Gasteiger partial charge is 0.466 e. The molecule has 1 radical (unpaired) electrons. The van der Waals surface area contributed by atoms with Crippen LogP contribution >= 0.6 is 0 Å². The molecule has 13 heavy (non-hydrogen) atoms. The summed E-state index contributed by atoms with van der Waals surface area (Å²) in [4.78, 5) is 10.7. The number of unbranched alkanes of at least 4 members (excludes halogenated alkanes) is 5. The zero-order valence-electron chi connectivity index (χ0n) is 8.68. The summed E-state index contributed by atoms with van der Waals surface area (Å²) in [5.41, 5.74) is 0. The van der Waals surface area contributed by atoms with E-state index >= 15 is 0 Å². The normalized spacial score (nSPS) is 10.0. The summed E-state index contributed by atoms with van der Waals surface area (Å²) in [6.45, 7) is 6.22. The lowest BCUT2D eigenvalue weighted by atomic mass is 10.1. The van der Waals surface area contributed by atoms with Crippen molar-refractivity contribution >= 4 is 5.97 Å². The van der Waals surface area contributed by atoms with E-state index < -0.39 is 0 Å². The van der Waals surface area contributed by atoms with E-state index in [4.69, 9.17) is 4.74 Å². The molecule has 0 saturated heterocycles. The number of carbonyl (C=O) groups is 1. The van der Waals surface area contributed by atoms with Crippen LogP contribution in [0.3, 0.4) is 0 Å². The lowest BCUT2D eigenvalue weighted by Gasteiger charge is -2.02. The molecule has 2 heteroatoms. The van der Waals surface area contributed by atoms with Crippen molar-refractivity contribution in [1.29, 1.82) is 0 Å². The van der Waals surface area contributed by atoms with Crippen molar-refractivity contribution in [2.24, 2.45) is 0 Å². The van der Waals surface area contributed by atoms with Gasteiger partial charge < -0.3 is 4.74 Å². The first-order valence-electron chi connectivity index (χ1n) is 5.26. The van der Waals surface area contributed by atoms with E-state index in [1.807, 2.05) is 0 Å². The van der Waals surface area contributed by atoms with Gasteiger partial charge in [0.05, 0.1) is 6.61 Å². The van der Waals surface area contributed by atoms with Gasteiger partial charge in [-0.15, -0.1) is 0 Å². The van der Waals surface area contributed by atoms with Gasteiger partial charge in [-0.05, 0) is 13.3 Å². The average molecular weight is 185 g/mol. The first-order valence-corrected chi connectivity index (χ1v) is 5.26. The molecule has 0 unspecified atom stereocenters. The Balaban J connectivity index is 2.95. The highest BCUT2D eigenvalue weighted by Gasteiger charge is 1.96. The fraction of sp³-hybridized carbons (Fsp3) is 0.818. The van der Waals surface area contributed by atoms with Crippen LogP contribution in [0.5, 0.6) is 0 Å². The second kappa shape index (κ2) is 9.56. The Morgan fingerprint density at radius 1 is 1.15 bits per heavy atom. The summed E-state index contributed by atoms with van der Waals surface area (Å²) in [5.74, 6) is -0.187. The highest BCUT2D eigenvalue weighted by molar-refractivity contribution is 5.69. The van der Waals surface area contributed by atoms with Crippen LogP contribution in [-0.2, 0) is 9.53 Å². The molecule has 0 saturated carbocycles. The van der Waals surface area contributed by atoms with Crippen LogP contribution < -0.4 is 0 Å². The van der Waals surface area contributed by atoms with Gasteiger partial charge in [-0.2, -0.15) is 0 Å².